The van der Waals surface area contributed by atoms with Gasteiger partial charge in [-0.2, -0.15) is 13.2 Å². The molecule has 0 unspecified atom stereocenters. The van der Waals surface area contributed by atoms with Gasteiger partial charge >= 0.3 is 12.1 Å². The summed E-state index contributed by atoms with van der Waals surface area (Å²) in [5.41, 5.74) is -0.175. The molecule has 3 aromatic carbocycles. The molecule has 8 heteroatoms. The zero-order chi connectivity index (χ0) is 20.8. The number of hydrogen-bond acceptors (Lipinski definition) is 2. The first kappa shape index (κ1) is 18.7. The van der Waals surface area contributed by atoms with Crippen LogP contribution in [0, 0.1) is 5.82 Å². The van der Waals surface area contributed by atoms with Crippen LogP contribution in [0.25, 0.3) is 28.1 Å². The third-order valence-corrected chi connectivity index (χ3v) is 4.45. The Hall–Kier alpha value is -3.68. The molecular formula is C21H12F4N2O2. The minimum atomic E-state index is -4.56. The highest BCUT2D eigenvalue weighted by Crippen LogP contribution is 2.35. The molecule has 0 aliphatic heterocycles. The molecule has 0 saturated heterocycles. The maximum Gasteiger partial charge on any atom is 0.416 e. The zero-order valence-electron chi connectivity index (χ0n) is 14.6. The molecule has 1 N–H and O–H groups in total. The molecule has 4 aromatic rings. The lowest BCUT2D eigenvalue weighted by Gasteiger charge is -2.11. The summed E-state index contributed by atoms with van der Waals surface area (Å²) in [4.78, 5) is 15.6. The summed E-state index contributed by atoms with van der Waals surface area (Å²) in [7, 11) is 0. The van der Waals surface area contributed by atoms with Crippen LogP contribution in [0.4, 0.5) is 17.6 Å². The number of aromatic carboxylic acids is 1. The summed E-state index contributed by atoms with van der Waals surface area (Å²) in [6.07, 6.45) is -4.56. The summed E-state index contributed by atoms with van der Waals surface area (Å²) >= 11 is 0. The predicted octanol–water partition coefficient (Wildman–Crippen LogP) is 5.55. The third kappa shape index (κ3) is 3.33. The zero-order valence-corrected chi connectivity index (χ0v) is 14.6. The van der Waals surface area contributed by atoms with Crippen LogP contribution in [0.3, 0.4) is 0 Å². The van der Waals surface area contributed by atoms with Gasteiger partial charge in [-0.15, -0.1) is 0 Å². The summed E-state index contributed by atoms with van der Waals surface area (Å²) in [5.74, 6) is -1.70. The Morgan fingerprint density at radius 1 is 0.966 bits per heavy atom. The first-order chi connectivity index (χ1) is 13.8. The highest BCUT2D eigenvalue weighted by atomic mass is 19.4. The van der Waals surface area contributed by atoms with Crippen LogP contribution < -0.4 is 0 Å². The summed E-state index contributed by atoms with van der Waals surface area (Å²) in [5, 5.41) is 9.27. The summed E-state index contributed by atoms with van der Waals surface area (Å²) < 4.78 is 55.2. The summed E-state index contributed by atoms with van der Waals surface area (Å²) in [6.45, 7) is 0. The molecule has 0 bridgehead atoms. The van der Waals surface area contributed by atoms with Crippen molar-refractivity contribution >= 4 is 17.0 Å². The van der Waals surface area contributed by atoms with Gasteiger partial charge in [-0.1, -0.05) is 18.2 Å². The molecule has 0 spiro atoms. The molecule has 146 valence electrons. The molecular weight excluding hydrogens is 388 g/mol. The molecule has 0 atom stereocenters. The quantitative estimate of drug-likeness (QED) is 0.459. The van der Waals surface area contributed by atoms with Gasteiger partial charge < -0.3 is 5.11 Å². The number of benzene rings is 3. The van der Waals surface area contributed by atoms with Crippen LogP contribution >= 0.6 is 0 Å². The van der Waals surface area contributed by atoms with Crippen molar-refractivity contribution in [2.75, 3.05) is 0 Å². The molecule has 0 aliphatic carbocycles. The molecule has 0 fully saturated rings. The number of carbonyl (C=O) groups is 1. The van der Waals surface area contributed by atoms with Crippen molar-refractivity contribution in [1.29, 1.82) is 0 Å². The van der Waals surface area contributed by atoms with E-state index in [2.05, 4.69) is 4.98 Å². The van der Waals surface area contributed by atoms with Crippen molar-refractivity contribution in [3.05, 3.63) is 83.7 Å². The normalized spacial score (nSPS) is 11.7. The van der Waals surface area contributed by atoms with Crippen molar-refractivity contribution in [3.8, 4) is 17.1 Å². The largest absolute Gasteiger partial charge is 0.478 e. The van der Waals surface area contributed by atoms with E-state index in [9.17, 15) is 27.5 Å². The number of fused-ring (bicyclic) bond motifs is 1. The third-order valence-electron chi connectivity index (χ3n) is 4.45. The smallest absolute Gasteiger partial charge is 0.416 e. The highest BCUT2D eigenvalue weighted by molar-refractivity contribution is 5.89. The average molecular weight is 400 g/mol. The monoisotopic (exact) mass is 400 g/mol. The number of halogens is 4. The number of aromatic nitrogens is 2. The van der Waals surface area contributed by atoms with Crippen LogP contribution in [-0.2, 0) is 6.18 Å². The Labute approximate surface area is 161 Å². The van der Waals surface area contributed by atoms with Crippen molar-refractivity contribution in [2.24, 2.45) is 0 Å². The maximum absolute atomic E-state index is 14.4. The first-order valence-corrected chi connectivity index (χ1v) is 8.44. The molecule has 4 rings (SSSR count). The van der Waals surface area contributed by atoms with Gasteiger partial charge in [0.05, 0.1) is 27.7 Å². The second-order valence-electron chi connectivity index (χ2n) is 6.31. The van der Waals surface area contributed by atoms with Gasteiger partial charge in [0.2, 0.25) is 0 Å². The molecule has 1 heterocycles. The topological polar surface area (TPSA) is 55.1 Å². The fraction of sp³-hybridized carbons (Fsp3) is 0.0476. The van der Waals surface area contributed by atoms with Gasteiger partial charge in [0.1, 0.15) is 11.6 Å². The van der Waals surface area contributed by atoms with Gasteiger partial charge in [-0.3, -0.25) is 4.57 Å². The SMILES string of the molecule is O=C(O)c1cccc(-n2c(-c3ccccc3F)nc3cc(C(F)(F)F)ccc32)c1. The summed E-state index contributed by atoms with van der Waals surface area (Å²) in [6, 6.07) is 14.6. The molecule has 1 aromatic heterocycles. The standard InChI is InChI=1S/C21H12F4N2O2/c22-16-7-2-1-6-15(16)19-26-17-11-13(21(23,24)25)8-9-18(17)27(19)14-5-3-4-12(10-14)20(28)29/h1-11H,(H,28,29). The molecule has 0 saturated carbocycles. The lowest BCUT2D eigenvalue weighted by atomic mass is 10.1. The van der Waals surface area contributed by atoms with Crippen LogP contribution in [0.2, 0.25) is 0 Å². The van der Waals surface area contributed by atoms with Crippen molar-refractivity contribution < 1.29 is 27.5 Å². The van der Waals surface area contributed by atoms with E-state index >= 15 is 0 Å². The minimum absolute atomic E-state index is 0.0128. The van der Waals surface area contributed by atoms with Crippen molar-refractivity contribution in [2.45, 2.75) is 6.18 Å². The second kappa shape index (κ2) is 6.73. The van der Waals surface area contributed by atoms with E-state index < -0.39 is 23.5 Å². The van der Waals surface area contributed by atoms with E-state index in [-0.39, 0.29) is 22.5 Å². The van der Waals surface area contributed by atoms with Gasteiger partial charge in [-0.25, -0.2) is 14.2 Å². The Balaban J connectivity index is 2.05. The Morgan fingerprint density at radius 3 is 2.41 bits per heavy atom. The van der Waals surface area contributed by atoms with Crippen molar-refractivity contribution in [3.63, 3.8) is 0 Å². The average Bonchev–Trinajstić information content (AvgIpc) is 3.06. The number of carboxylic acids is 1. The number of hydrogen-bond donors (Lipinski definition) is 1. The minimum Gasteiger partial charge on any atom is -0.478 e. The van der Waals surface area contributed by atoms with E-state index in [1.807, 2.05) is 0 Å². The van der Waals surface area contributed by atoms with Gasteiger partial charge in [0.15, 0.2) is 0 Å². The first-order valence-electron chi connectivity index (χ1n) is 8.44. The van der Waals surface area contributed by atoms with E-state index in [4.69, 9.17) is 0 Å². The van der Waals surface area contributed by atoms with Crippen LogP contribution in [-0.4, -0.2) is 20.6 Å². The second-order valence-corrected chi connectivity index (χ2v) is 6.31. The van der Waals surface area contributed by atoms with E-state index in [0.717, 1.165) is 12.1 Å². The predicted molar refractivity (Wildman–Crippen MR) is 98.4 cm³/mol. The van der Waals surface area contributed by atoms with Gasteiger partial charge in [-0.05, 0) is 48.5 Å². The van der Waals surface area contributed by atoms with E-state index in [1.54, 1.807) is 12.1 Å². The number of imidazole rings is 1. The Morgan fingerprint density at radius 2 is 1.72 bits per heavy atom. The number of carboxylic acid groups (broad SMARTS) is 1. The lowest BCUT2D eigenvalue weighted by molar-refractivity contribution is -0.137. The number of nitrogens with zero attached hydrogens (tertiary/aromatic N) is 2. The van der Waals surface area contributed by atoms with Crippen LogP contribution in [0.5, 0.6) is 0 Å². The van der Waals surface area contributed by atoms with E-state index in [0.29, 0.717) is 11.2 Å². The molecule has 4 nitrogen and oxygen atoms in total. The number of rotatable bonds is 3. The Bertz CT molecular complexity index is 1250. The van der Waals surface area contributed by atoms with Crippen LogP contribution in [0.15, 0.2) is 66.7 Å². The Kier molecular flexibility index (Phi) is 4.34. The maximum atomic E-state index is 14.4. The number of alkyl halides is 3. The molecule has 0 aliphatic rings. The van der Waals surface area contributed by atoms with Gasteiger partial charge in [0, 0.05) is 5.69 Å². The molecule has 0 radical (unpaired) electrons. The molecule has 0 amide bonds. The van der Waals surface area contributed by atoms with E-state index in [1.165, 1.54) is 47.0 Å². The van der Waals surface area contributed by atoms with Crippen LogP contribution in [0.1, 0.15) is 15.9 Å². The fourth-order valence-corrected chi connectivity index (χ4v) is 3.12. The lowest BCUT2D eigenvalue weighted by Crippen LogP contribution is -2.04. The van der Waals surface area contributed by atoms with Gasteiger partial charge in [0.25, 0.3) is 0 Å². The van der Waals surface area contributed by atoms with Crippen molar-refractivity contribution in [1.82, 2.24) is 9.55 Å². The highest BCUT2D eigenvalue weighted by Gasteiger charge is 2.31. The fourth-order valence-electron chi connectivity index (χ4n) is 3.12. The molecule has 29 heavy (non-hydrogen) atoms.